The second kappa shape index (κ2) is 21.7. The molecule has 382 valence electrons. The van der Waals surface area contributed by atoms with E-state index in [1.54, 1.807) is 26.6 Å². The third-order valence-corrected chi connectivity index (χ3v) is 14.2. The molecule has 1 aliphatic carbocycles. The number of rotatable bonds is 20. The Labute approximate surface area is 448 Å². The number of aromatic nitrogens is 4. The SMILES string of the molecule is C=C[n+]1ccn(COc2ccc(C3(c4ccc(OCn5cc[n+](C=C)c5)cc4)c4cc(N(c5ccc(CO)cc5)c5ccc(CO)cc5)ccc4-c4ccc(N(c5ccc(OC)cc5)c5ccc(OC)cc5)cc43)cc2)c1. The van der Waals surface area contributed by atoms with Crippen LogP contribution in [0.25, 0.3) is 23.5 Å². The summed E-state index contributed by atoms with van der Waals surface area (Å²) in [6.45, 7) is 8.25. The van der Waals surface area contributed by atoms with Crippen LogP contribution in [0, 0.1) is 0 Å². The lowest BCUT2D eigenvalue weighted by Crippen LogP contribution is -2.29. The molecule has 0 spiro atoms. The monoisotopic (exact) mass is 1020 g/mol. The molecule has 1 aliphatic rings. The van der Waals surface area contributed by atoms with Crippen molar-refractivity contribution in [3.63, 3.8) is 0 Å². The summed E-state index contributed by atoms with van der Waals surface area (Å²) in [6.07, 6.45) is 15.1. The maximum atomic E-state index is 10.1. The molecule has 0 aliphatic heterocycles. The Morgan fingerprint density at radius 3 is 1.12 bits per heavy atom. The van der Waals surface area contributed by atoms with Gasteiger partial charge in [-0.2, -0.15) is 0 Å². The van der Waals surface area contributed by atoms with E-state index in [1.807, 2.05) is 129 Å². The highest BCUT2D eigenvalue weighted by Gasteiger charge is 2.47. The van der Waals surface area contributed by atoms with E-state index in [1.165, 1.54) is 0 Å². The zero-order chi connectivity index (χ0) is 52.9. The minimum absolute atomic E-state index is 0.0710. The van der Waals surface area contributed by atoms with Crippen LogP contribution >= 0.6 is 0 Å². The summed E-state index contributed by atoms with van der Waals surface area (Å²) >= 11 is 0. The maximum absolute atomic E-state index is 10.1. The lowest BCUT2D eigenvalue weighted by molar-refractivity contribution is -0.567. The summed E-state index contributed by atoms with van der Waals surface area (Å²) in [7, 11) is 3.35. The van der Waals surface area contributed by atoms with Crippen molar-refractivity contribution in [3.05, 3.63) is 266 Å². The maximum Gasteiger partial charge on any atom is 0.251 e. The van der Waals surface area contributed by atoms with Gasteiger partial charge in [0.15, 0.2) is 0 Å². The summed E-state index contributed by atoms with van der Waals surface area (Å²) in [5.74, 6) is 2.94. The van der Waals surface area contributed by atoms with Crippen molar-refractivity contribution in [1.82, 2.24) is 9.13 Å². The number of aliphatic hydroxyl groups excluding tert-OH is 2. The molecule has 0 amide bonds. The van der Waals surface area contributed by atoms with Crippen LogP contribution in [0.3, 0.4) is 0 Å². The zero-order valence-electron chi connectivity index (χ0n) is 42.9. The average Bonchev–Trinajstić information content (AvgIpc) is 4.45. The van der Waals surface area contributed by atoms with E-state index in [0.717, 1.165) is 90.1 Å². The number of hydrogen-bond donors (Lipinski definition) is 2. The van der Waals surface area contributed by atoms with Gasteiger partial charge in [0.2, 0.25) is 13.5 Å². The van der Waals surface area contributed by atoms with Gasteiger partial charge in [-0.3, -0.25) is 0 Å². The van der Waals surface area contributed by atoms with Crippen molar-refractivity contribution in [3.8, 4) is 34.1 Å². The summed E-state index contributed by atoms with van der Waals surface area (Å²) in [6, 6.07) is 62.6. The second-order valence-electron chi connectivity index (χ2n) is 18.6. The summed E-state index contributed by atoms with van der Waals surface area (Å²) in [4.78, 5) is 4.48. The van der Waals surface area contributed by atoms with Crippen LogP contribution in [0.2, 0.25) is 0 Å². The van der Waals surface area contributed by atoms with Gasteiger partial charge in [-0.25, -0.2) is 18.3 Å². The number of hydrogen-bond acceptors (Lipinski definition) is 8. The fourth-order valence-corrected chi connectivity index (χ4v) is 10.3. The van der Waals surface area contributed by atoms with Crippen LogP contribution in [-0.2, 0) is 32.1 Å². The summed E-state index contributed by atoms with van der Waals surface area (Å²) in [5, 5.41) is 20.2. The topological polar surface area (TPSA) is 101 Å². The van der Waals surface area contributed by atoms with Crippen LogP contribution in [0.4, 0.5) is 34.1 Å². The number of anilines is 6. The lowest BCUT2D eigenvalue weighted by atomic mass is 9.67. The number of aliphatic hydroxyl groups is 2. The molecule has 2 N–H and O–H groups in total. The van der Waals surface area contributed by atoms with Gasteiger partial charge >= 0.3 is 0 Å². The van der Waals surface area contributed by atoms with Gasteiger partial charge in [0, 0.05) is 34.1 Å². The molecule has 0 saturated heterocycles. The molecule has 8 aromatic carbocycles. The normalized spacial score (nSPS) is 12.1. The van der Waals surface area contributed by atoms with Gasteiger partial charge in [-0.1, -0.05) is 73.8 Å². The summed E-state index contributed by atoms with van der Waals surface area (Å²) in [5.41, 5.74) is 12.6. The zero-order valence-corrected chi connectivity index (χ0v) is 42.9. The predicted molar refractivity (Wildman–Crippen MR) is 301 cm³/mol. The molecule has 0 bridgehead atoms. The number of benzene rings is 8. The van der Waals surface area contributed by atoms with Crippen molar-refractivity contribution in [2.75, 3.05) is 24.0 Å². The van der Waals surface area contributed by atoms with Crippen molar-refractivity contribution < 1.29 is 38.3 Å². The molecule has 0 atom stereocenters. The Balaban J connectivity index is 1.13. The molecule has 10 aromatic rings. The van der Waals surface area contributed by atoms with Gasteiger partial charge in [0.25, 0.3) is 12.7 Å². The first-order valence-corrected chi connectivity index (χ1v) is 25.2. The van der Waals surface area contributed by atoms with Crippen LogP contribution in [-0.4, -0.2) is 33.6 Å². The van der Waals surface area contributed by atoms with Gasteiger partial charge in [-0.15, -0.1) is 0 Å². The van der Waals surface area contributed by atoms with Gasteiger partial charge < -0.3 is 39.0 Å². The minimum atomic E-state index is -0.932. The number of ether oxygens (including phenoxy) is 4. The largest absolute Gasteiger partial charge is 0.497 e. The van der Waals surface area contributed by atoms with E-state index in [-0.39, 0.29) is 13.2 Å². The first-order valence-electron chi connectivity index (χ1n) is 25.2. The van der Waals surface area contributed by atoms with Crippen LogP contribution in [0.1, 0.15) is 33.4 Å². The minimum Gasteiger partial charge on any atom is -0.497 e. The Bertz CT molecular complexity index is 3330. The van der Waals surface area contributed by atoms with E-state index in [0.29, 0.717) is 25.0 Å². The van der Waals surface area contributed by atoms with E-state index in [2.05, 4.69) is 132 Å². The van der Waals surface area contributed by atoms with E-state index in [4.69, 9.17) is 18.9 Å². The Hall–Kier alpha value is -9.62. The first kappa shape index (κ1) is 49.6. The molecule has 0 radical (unpaired) electrons. The molecule has 11 rings (SSSR count). The van der Waals surface area contributed by atoms with Gasteiger partial charge in [-0.05, 0) is 166 Å². The molecule has 2 aromatic heterocycles. The molecular formula is C65H58N6O6+2. The fraction of sp³-hybridized carbons (Fsp3) is 0.108. The average molecular weight is 1020 g/mol. The highest BCUT2D eigenvalue weighted by molar-refractivity contribution is 5.92. The van der Waals surface area contributed by atoms with Gasteiger partial charge in [0.05, 0.1) is 45.2 Å². The number of imidazole rings is 2. The molecule has 12 heteroatoms. The highest BCUT2D eigenvalue weighted by Crippen LogP contribution is 2.59. The number of nitrogens with zero attached hydrogens (tertiary/aromatic N) is 6. The van der Waals surface area contributed by atoms with Crippen LogP contribution < -0.4 is 37.9 Å². The molecule has 12 nitrogen and oxygen atoms in total. The van der Waals surface area contributed by atoms with E-state index in [9.17, 15) is 10.2 Å². The molecule has 2 heterocycles. The predicted octanol–water partition coefficient (Wildman–Crippen LogP) is 12.4. The second-order valence-corrected chi connectivity index (χ2v) is 18.6. The van der Waals surface area contributed by atoms with Gasteiger partial charge in [0.1, 0.15) is 47.8 Å². The van der Waals surface area contributed by atoms with E-state index < -0.39 is 5.41 Å². The molecule has 0 fully saturated rings. The molecular weight excluding hydrogens is 961 g/mol. The standard InChI is InChI=1S/C65H58N6O6/c1-5-66-35-37-68(43-66)45-76-59-25-11-49(12-26-59)65(50-13-27-60(28-14-50)77-46-69-38-36-67(6-2)44-69)63-39-55(70(51-15-7-47(41-72)8-16-51)52-17-9-48(42-73)10-18-52)23-33-61(63)62-34-24-56(40-64(62)65)71(53-19-29-57(74-3)30-20-53)54-21-31-58(75-4)32-22-54/h5-40,43-44,72-73H,1-2,41-42,45-46H2,3-4H3/q+2. The lowest BCUT2D eigenvalue weighted by Gasteiger charge is -2.36. The van der Waals surface area contributed by atoms with Crippen molar-refractivity contribution in [2.24, 2.45) is 0 Å². The quantitative estimate of drug-likeness (QED) is 0.0728. The Morgan fingerprint density at radius 1 is 0.455 bits per heavy atom. The van der Waals surface area contributed by atoms with Crippen molar-refractivity contribution >= 4 is 46.5 Å². The van der Waals surface area contributed by atoms with Crippen LogP contribution in [0.15, 0.2) is 233 Å². The molecule has 0 saturated carbocycles. The highest BCUT2D eigenvalue weighted by atomic mass is 16.5. The smallest absolute Gasteiger partial charge is 0.251 e. The third-order valence-electron chi connectivity index (χ3n) is 14.2. The number of methoxy groups -OCH3 is 2. The summed E-state index contributed by atoms with van der Waals surface area (Å²) < 4.78 is 31.8. The first-order chi connectivity index (χ1) is 37.8. The fourth-order valence-electron chi connectivity index (χ4n) is 10.3. The number of fused-ring (bicyclic) bond motifs is 3. The van der Waals surface area contributed by atoms with Crippen LogP contribution in [0.5, 0.6) is 23.0 Å². The third kappa shape index (κ3) is 9.70. The van der Waals surface area contributed by atoms with Crippen molar-refractivity contribution in [2.45, 2.75) is 32.1 Å². The van der Waals surface area contributed by atoms with Crippen molar-refractivity contribution in [1.29, 1.82) is 0 Å². The van der Waals surface area contributed by atoms with E-state index >= 15 is 0 Å². The Kier molecular flexibility index (Phi) is 14.0. The molecule has 77 heavy (non-hydrogen) atoms. The molecule has 0 unspecified atom stereocenters. The Morgan fingerprint density at radius 2 is 0.792 bits per heavy atom.